The number of halogens is 1. The molecular weight excluding hydrogens is 211 g/mol. The summed E-state index contributed by atoms with van der Waals surface area (Å²) in [5.74, 6) is 0. The summed E-state index contributed by atoms with van der Waals surface area (Å²) in [5, 5.41) is 0. The molecule has 0 aromatic heterocycles. The van der Waals surface area contributed by atoms with E-state index in [1.165, 1.54) is 5.57 Å². The van der Waals surface area contributed by atoms with Crippen molar-refractivity contribution in [1.29, 1.82) is 0 Å². The van der Waals surface area contributed by atoms with Gasteiger partial charge in [-0.3, -0.25) is 0 Å². The zero-order chi connectivity index (χ0) is 5.98. The van der Waals surface area contributed by atoms with Gasteiger partial charge in [0.2, 0.25) is 0 Å². The minimum atomic E-state index is 0.512. The first-order valence-electron chi connectivity index (χ1n) is 2.48. The van der Waals surface area contributed by atoms with E-state index in [1.807, 2.05) is 18.2 Å². The van der Waals surface area contributed by atoms with Crippen molar-refractivity contribution in [2.45, 2.75) is 3.92 Å². The summed E-state index contributed by atoms with van der Waals surface area (Å²) in [6.45, 7) is 3.85. The van der Waals surface area contributed by atoms with Crippen molar-refractivity contribution < 1.29 is 0 Å². The second kappa shape index (κ2) is 2.49. The molecule has 1 aliphatic rings. The zero-order valence-corrected chi connectivity index (χ0v) is 6.63. The molecule has 0 saturated heterocycles. The van der Waals surface area contributed by atoms with E-state index < -0.39 is 0 Å². The summed E-state index contributed by atoms with van der Waals surface area (Å²) in [6, 6.07) is 0. The van der Waals surface area contributed by atoms with Crippen LogP contribution in [0.3, 0.4) is 0 Å². The van der Waals surface area contributed by atoms with E-state index in [0.717, 1.165) is 0 Å². The molecule has 0 aromatic carbocycles. The first-order valence-corrected chi connectivity index (χ1v) is 3.73. The number of hydrogen-bond donors (Lipinski definition) is 0. The molecule has 1 aliphatic carbocycles. The second-order valence-electron chi connectivity index (χ2n) is 1.72. The molecule has 1 rings (SSSR count). The zero-order valence-electron chi connectivity index (χ0n) is 4.47. The highest BCUT2D eigenvalue weighted by Gasteiger charge is 2.01. The molecule has 0 saturated carbocycles. The molecule has 0 aliphatic heterocycles. The summed E-state index contributed by atoms with van der Waals surface area (Å²) in [7, 11) is 0. The monoisotopic (exact) mass is 218 g/mol. The van der Waals surface area contributed by atoms with E-state index in [0.29, 0.717) is 3.92 Å². The van der Waals surface area contributed by atoms with Crippen molar-refractivity contribution in [1.82, 2.24) is 0 Å². The fourth-order valence-electron chi connectivity index (χ4n) is 0.556. The molecular formula is C7H7I. The van der Waals surface area contributed by atoms with E-state index in [-0.39, 0.29) is 0 Å². The Morgan fingerprint density at radius 1 is 1.50 bits per heavy atom. The number of alkyl halides is 1. The average Bonchev–Trinajstić information content (AvgIpc) is 1.77. The third-order valence-corrected chi connectivity index (χ3v) is 2.27. The molecule has 0 radical (unpaired) electrons. The first-order chi connectivity index (χ1) is 3.80. The smallest absolute Gasteiger partial charge is 0.0536 e. The molecule has 0 amide bonds. The third kappa shape index (κ3) is 1.22. The maximum absolute atomic E-state index is 3.85. The van der Waals surface area contributed by atoms with E-state index in [1.54, 1.807) is 0 Å². The van der Waals surface area contributed by atoms with Crippen molar-refractivity contribution in [3.63, 3.8) is 0 Å². The second-order valence-corrected chi connectivity index (χ2v) is 3.06. The van der Waals surface area contributed by atoms with Crippen LogP contribution in [0.15, 0.2) is 36.5 Å². The van der Waals surface area contributed by atoms with Gasteiger partial charge < -0.3 is 0 Å². The molecule has 0 fully saturated rings. The summed E-state index contributed by atoms with van der Waals surface area (Å²) >= 11 is 2.35. The molecule has 0 spiro atoms. The molecule has 0 bridgehead atoms. The average molecular weight is 218 g/mol. The molecule has 0 nitrogen and oxygen atoms in total. The fraction of sp³-hybridized carbons (Fsp3) is 0.143. The van der Waals surface area contributed by atoms with Gasteiger partial charge in [-0.2, -0.15) is 0 Å². The van der Waals surface area contributed by atoms with Crippen LogP contribution < -0.4 is 0 Å². The summed E-state index contributed by atoms with van der Waals surface area (Å²) in [4.78, 5) is 0. The number of hydrogen-bond acceptors (Lipinski definition) is 0. The van der Waals surface area contributed by atoms with Crippen LogP contribution in [0.2, 0.25) is 0 Å². The Kier molecular flexibility index (Phi) is 1.89. The van der Waals surface area contributed by atoms with Gasteiger partial charge in [0.15, 0.2) is 0 Å². The predicted octanol–water partition coefficient (Wildman–Crippen LogP) is 2.47. The molecule has 0 heterocycles. The minimum absolute atomic E-state index is 0.512. The Morgan fingerprint density at radius 3 is 2.62 bits per heavy atom. The Labute approximate surface area is 63.1 Å². The lowest BCUT2D eigenvalue weighted by Crippen LogP contribution is -1.95. The van der Waals surface area contributed by atoms with Gasteiger partial charge in [-0.25, -0.2) is 0 Å². The Balaban J connectivity index is 2.74. The van der Waals surface area contributed by atoms with Crippen molar-refractivity contribution in [3.8, 4) is 0 Å². The highest BCUT2D eigenvalue weighted by atomic mass is 127. The molecule has 0 N–H and O–H groups in total. The van der Waals surface area contributed by atoms with Gasteiger partial charge in [0.25, 0.3) is 0 Å². The van der Waals surface area contributed by atoms with E-state index in [2.05, 4.69) is 35.2 Å². The normalized spacial score (nSPS) is 26.6. The maximum atomic E-state index is 3.85. The summed E-state index contributed by atoms with van der Waals surface area (Å²) in [5.41, 5.74) is 1.19. The first kappa shape index (κ1) is 6.08. The van der Waals surface area contributed by atoms with E-state index in [4.69, 9.17) is 0 Å². The SMILES string of the molecule is C=C1C=CC=CC1I. The van der Waals surface area contributed by atoms with E-state index >= 15 is 0 Å². The van der Waals surface area contributed by atoms with Crippen LogP contribution in [-0.4, -0.2) is 3.92 Å². The van der Waals surface area contributed by atoms with Gasteiger partial charge in [0, 0.05) is 0 Å². The van der Waals surface area contributed by atoms with Gasteiger partial charge >= 0.3 is 0 Å². The molecule has 1 unspecified atom stereocenters. The van der Waals surface area contributed by atoms with Crippen LogP contribution in [0, 0.1) is 0 Å². The Hall–Kier alpha value is -0.0500. The molecule has 1 atom stereocenters. The van der Waals surface area contributed by atoms with Gasteiger partial charge in [-0.1, -0.05) is 53.5 Å². The van der Waals surface area contributed by atoms with Gasteiger partial charge in [-0.15, -0.1) is 0 Å². The van der Waals surface area contributed by atoms with Crippen molar-refractivity contribution >= 4 is 22.6 Å². The van der Waals surface area contributed by atoms with Crippen molar-refractivity contribution in [2.24, 2.45) is 0 Å². The molecule has 0 aromatic rings. The van der Waals surface area contributed by atoms with Crippen LogP contribution in [0.5, 0.6) is 0 Å². The summed E-state index contributed by atoms with van der Waals surface area (Å²) < 4.78 is 0.512. The summed E-state index contributed by atoms with van der Waals surface area (Å²) in [6.07, 6.45) is 8.23. The highest BCUT2D eigenvalue weighted by molar-refractivity contribution is 14.1. The number of rotatable bonds is 0. The fourth-order valence-corrected chi connectivity index (χ4v) is 1.00. The standard InChI is InChI=1S/C7H7I/c1-6-4-2-3-5-7(6)8/h2-5,7H,1H2. The predicted molar refractivity (Wildman–Crippen MR) is 45.2 cm³/mol. The van der Waals surface area contributed by atoms with Crippen LogP contribution in [0.25, 0.3) is 0 Å². The lowest BCUT2D eigenvalue weighted by atomic mass is 10.1. The Morgan fingerprint density at radius 2 is 2.25 bits per heavy atom. The largest absolute Gasteiger partial charge is 0.0944 e. The third-order valence-electron chi connectivity index (χ3n) is 1.06. The molecule has 42 valence electrons. The quantitative estimate of drug-likeness (QED) is 0.432. The topological polar surface area (TPSA) is 0 Å². The van der Waals surface area contributed by atoms with Crippen LogP contribution in [0.4, 0.5) is 0 Å². The lowest BCUT2D eigenvalue weighted by Gasteiger charge is -2.05. The maximum Gasteiger partial charge on any atom is 0.0536 e. The van der Waals surface area contributed by atoms with Crippen LogP contribution in [-0.2, 0) is 0 Å². The highest BCUT2D eigenvalue weighted by Crippen LogP contribution is 2.16. The number of allylic oxidation sites excluding steroid dienone is 5. The van der Waals surface area contributed by atoms with Crippen molar-refractivity contribution in [2.75, 3.05) is 0 Å². The van der Waals surface area contributed by atoms with Crippen molar-refractivity contribution in [3.05, 3.63) is 36.5 Å². The molecule has 1 heteroatoms. The van der Waals surface area contributed by atoms with E-state index in [9.17, 15) is 0 Å². The Bertz CT molecular complexity index is 154. The van der Waals surface area contributed by atoms with Gasteiger partial charge in [0.05, 0.1) is 3.92 Å². The molecule has 8 heavy (non-hydrogen) atoms. The van der Waals surface area contributed by atoms with Crippen LogP contribution >= 0.6 is 22.6 Å². The van der Waals surface area contributed by atoms with Gasteiger partial charge in [-0.05, 0) is 5.57 Å². The van der Waals surface area contributed by atoms with Crippen LogP contribution in [0.1, 0.15) is 0 Å². The minimum Gasteiger partial charge on any atom is -0.0944 e. The van der Waals surface area contributed by atoms with Gasteiger partial charge in [0.1, 0.15) is 0 Å². The lowest BCUT2D eigenvalue weighted by molar-refractivity contribution is 1.35.